The van der Waals surface area contributed by atoms with E-state index in [9.17, 15) is 14.4 Å². The van der Waals surface area contributed by atoms with Crippen molar-refractivity contribution >= 4 is 18.0 Å². The molecule has 0 saturated carbocycles. The largest absolute Gasteiger partial charge is 0.481 e. The quantitative estimate of drug-likeness (QED) is 0.457. The highest BCUT2D eigenvalue weighted by molar-refractivity contribution is 5.79. The maximum Gasteiger partial charge on any atom is 0.407 e. The minimum Gasteiger partial charge on any atom is -0.481 e. The van der Waals surface area contributed by atoms with Crippen molar-refractivity contribution in [3.8, 4) is 11.1 Å². The number of amides is 2. The van der Waals surface area contributed by atoms with Gasteiger partial charge in [0, 0.05) is 19.0 Å². The van der Waals surface area contributed by atoms with Gasteiger partial charge in [-0.25, -0.2) is 4.79 Å². The van der Waals surface area contributed by atoms with Crippen molar-refractivity contribution in [3.63, 3.8) is 0 Å². The van der Waals surface area contributed by atoms with Gasteiger partial charge in [-0.3, -0.25) is 9.59 Å². The van der Waals surface area contributed by atoms with Crippen LogP contribution in [0.1, 0.15) is 23.5 Å². The summed E-state index contributed by atoms with van der Waals surface area (Å²) in [5, 5.41) is 14.2. The lowest BCUT2D eigenvalue weighted by molar-refractivity contribution is -0.141. The first-order valence-corrected chi connectivity index (χ1v) is 11.3. The summed E-state index contributed by atoms with van der Waals surface area (Å²) in [5.74, 6) is -1.75. The van der Waals surface area contributed by atoms with Crippen LogP contribution in [0.25, 0.3) is 11.1 Å². The van der Waals surface area contributed by atoms with Crippen LogP contribution < -0.4 is 10.6 Å². The van der Waals surface area contributed by atoms with Gasteiger partial charge in [0.2, 0.25) is 5.91 Å². The van der Waals surface area contributed by atoms with Crippen LogP contribution in [0.3, 0.4) is 0 Å². The third-order valence-corrected chi connectivity index (χ3v) is 6.05. The molecule has 0 radical (unpaired) electrons. The summed E-state index contributed by atoms with van der Waals surface area (Å²) in [7, 11) is 0. The van der Waals surface area contributed by atoms with Crippen molar-refractivity contribution in [3.05, 3.63) is 59.7 Å². The first-order chi connectivity index (χ1) is 16.5. The molecule has 3 N–H and O–H groups in total. The number of ether oxygens (including phenoxy) is 3. The van der Waals surface area contributed by atoms with E-state index in [0.29, 0.717) is 6.42 Å². The summed E-state index contributed by atoms with van der Waals surface area (Å²) in [4.78, 5) is 34.9. The fourth-order valence-electron chi connectivity index (χ4n) is 4.34. The molecule has 1 fully saturated rings. The van der Waals surface area contributed by atoms with Gasteiger partial charge in [0.15, 0.2) is 0 Å². The standard InChI is InChI=1S/C25H28N2O7/c28-23(27-12-17-11-16(13-33-17)24(29)30)15-32-10-9-26-25(31)34-14-22-20-7-3-1-5-18(20)19-6-2-4-8-21(19)22/h1-8,16-17,22H,9-15H2,(H,26,31)(H,27,28)(H,29,30). The van der Waals surface area contributed by atoms with Crippen LogP contribution in [0.5, 0.6) is 0 Å². The molecule has 4 rings (SSSR count). The maximum absolute atomic E-state index is 12.1. The van der Waals surface area contributed by atoms with Gasteiger partial charge in [-0.05, 0) is 28.7 Å². The molecule has 0 bridgehead atoms. The Morgan fingerprint density at radius 1 is 1.00 bits per heavy atom. The third-order valence-electron chi connectivity index (χ3n) is 6.05. The van der Waals surface area contributed by atoms with Gasteiger partial charge in [0.25, 0.3) is 0 Å². The van der Waals surface area contributed by atoms with Gasteiger partial charge in [0.05, 0.1) is 25.2 Å². The third kappa shape index (κ3) is 5.73. The Balaban J connectivity index is 1.10. The van der Waals surface area contributed by atoms with Crippen LogP contribution >= 0.6 is 0 Å². The Morgan fingerprint density at radius 3 is 2.32 bits per heavy atom. The molecule has 2 aromatic carbocycles. The molecular formula is C25H28N2O7. The normalized spacial score (nSPS) is 18.7. The molecule has 2 amide bonds. The zero-order valence-electron chi connectivity index (χ0n) is 18.7. The van der Waals surface area contributed by atoms with Gasteiger partial charge in [-0.2, -0.15) is 0 Å². The van der Waals surface area contributed by atoms with Crippen molar-refractivity contribution in [1.29, 1.82) is 0 Å². The van der Waals surface area contributed by atoms with E-state index in [1.807, 2.05) is 24.3 Å². The molecule has 2 unspecified atom stereocenters. The van der Waals surface area contributed by atoms with Gasteiger partial charge in [-0.1, -0.05) is 48.5 Å². The second-order valence-corrected chi connectivity index (χ2v) is 8.34. The highest BCUT2D eigenvalue weighted by Gasteiger charge is 2.31. The van der Waals surface area contributed by atoms with E-state index in [1.165, 1.54) is 11.1 Å². The maximum atomic E-state index is 12.1. The lowest BCUT2D eigenvalue weighted by atomic mass is 9.98. The minimum atomic E-state index is -0.888. The summed E-state index contributed by atoms with van der Waals surface area (Å²) in [5.41, 5.74) is 4.62. The van der Waals surface area contributed by atoms with Crippen LogP contribution in [0.15, 0.2) is 48.5 Å². The van der Waals surface area contributed by atoms with Crippen molar-refractivity contribution in [2.24, 2.45) is 5.92 Å². The van der Waals surface area contributed by atoms with Gasteiger partial charge in [-0.15, -0.1) is 0 Å². The Hall–Kier alpha value is -3.43. The summed E-state index contributed by atoms with van der Waals surface area (Å²) < 4.78 is 16.1. The van der Waals surface area contributed by atoms with Gasteiger partial charge >= 0.3 is 12.1 Å². The van der Waals surface area contributed by atoms with Gasteiger partial charge in [0.1, 0.15) is 13.2 Å². The van der Waals surface area contributed by atoms with E-state index >= 15 is 0 Å². The molecule has 180 valence electrons. The Morgan fingerprint density at radius 2 is 1.68 bits per heavy atom. The number of carboxylic acid groups (broad SMARTS) is 1. The van der Waals surface area contributed by atoms with Crippen molar-refractivity contribution < 1.29 is 33.7 Å². The number of carboxylic acids is 1. The number of nitrogens with one attached hydrogen (secondary N) is 2. The van der Waals surface area contributed by atoms with Crippen LogP contribution in [-0.2, 0) is 23.8 Å². The lowest BCUT2D eigenvalue weighted by Crippen LogP contribution is -2.35. The van der Waals surface area contributed by atoms with E-state index in [-0.39, 0.29) is 57.4 Å². The molecule has 1 heterocycles. The summed E-state index contributed by atoms with van der Waals surface area (Å²) in [6.45, 7) is 0.822. The number of benzene rings is 2. The molecule has 1 aliphatic carbocycles. The monoisotopic (exact) mass is 468 g/mol. The molecule has 34 heavy (non-hydrogen) atoms. The Bertz CT molecular complexity index is 996. The Kier molecular flexibility index (Phi) is 7.76. The number of rotatable bonds is 10. The highest BCUT2D eigenvalue weighted by atomic mass is 16.5. The van der Waals surface area contributed by atoms with E-state index < -0.39 is 18.0 Å². The molecule has 1 saturated heterocycles. The number of fused-ring (bicyclic) bond motifs is 3. The number of carbonyl (C=O) groups excluding carboxylic acids is 2. The average Bonchev–Trinajstić information content (AvgIpc) is 3.44. The van der Waals surface area contributed by atoms with E-state index in [1.54, 1.807) is 0 Å². The zero-order chi connectivity index (χ0) is 23.9. The first kappa shape index (κ1) is 23.7. The predicted molar refractivity (Wildman–Crippen MR) is 122 cm³/mol. The molecule has 0 spiro atoms. The number of carbonyl (C=O) groups is 3. The molecule has 0 aromatic heterocycles. The Labute approximate surface area is 197 Å². The van der Waals surface area contributed by atoms with Crippen LogP contribution in [-0.4, -0.2) is 68.7 Å². The van der Waals surface area contributed by atoms with Crippen molar-refractivity contribution in [2.75, 3.05) is 39.5 Å². The zero-order valence-corrected chi connectivity index (χ0v) is 18.7. The minimum absolute atomic E-state index is 0.00674. The molecule has 2 atom stereocenters. The average molecular weight is 469 g/mol. The topological polar surface area (TPSA) is 123 Å². The van der Waals surface area contributed by atoms with Crippen molar-refractivity contribution in [1.82, 2.24) is 10.6 Å². The predicted octanol–water partition coefficient (Wildman–Crippen LogP) is 2.15. The fourth-order valence-corrected chi connectivity index (χ4v) is 4.34. The van der Waals surface area contributed by atoms with E-state index in [2.05, 4.69) is 34.9 Å². The lowest BCUT2D eigenvalue weighted by Gasteiger charge is -2.14. The summed E-state index contributed by atoms with van der Waals surface area (Å²) in [6.07, 6.45) is -0.470. The van der Waals surface area contributed by atoms with Gasteiger partial charge < -0.3 is 30.0 Å². The van der Waals surface area contributed by atoms with Crippen LogP contribution in [0.2, 0.25) is 0 Å². The smallest absolute Gasteiger partial charge is 0.407 e. The van der Waals surface area contributed by atoms with Crippen molar-refractivity contribution in [2.45, 2.75) is 18.4 Å². The summed E-state index contributed by atoms with van der Waals surface area (Å²) >= 11 is 0. The molecular weight excluding hydrogens is 440 g/mol. The molecule has 1 aliphatic heterocycles. The molecule has 9 heteroatoms. The SMILES string of the molecule is O=C(COCCNC(=O)OCC1c2ccccc2-c2ccccc21)NCC1CC(C(=O)O)CO1. The molecule has 2 aliphatic rings. The van der Waals surface area contributed by atoms with Crippen LogP contribution in [0.4, 0.5) is 4.79 Å². The van der Waals surface area contributed by atoms with E-state index in [0.717, 1.165) is 11.1 Å². The second kappa shape index (κ2) is 11.1. The van der Waals surface area contributed by atoms with E-state index in [4.69, 9.17) is 19.3 Å². The second-order valence-electron chi connectivity index (χ2n) is 8.34. The first-order valence-electron chi connectivity index (χ1n) is 11.3. The number of hydrogen-bond donors (Lipinski definition) is 3. The summed E-state index contributed by atoms with van der Waals surface area (Å²) in [6, 6.07) is 16.3. The number of alkyl carbamates (subject to hydrolysis) is 1. The fraction of sp³-hybridized carbons (Fsp3) is 0.400. The molecule has 2 aromatic rings. The highest BCUT2D eigenvalue weighted by Crippen LogP contribution is 2.44. The number of hydrogen-bond acceptors (Lipinski definition) is 6. The number of aliphatic carboxylic acids is 1. The molecule has 9 nitrogen and oxygen atoms in total. The van der Waals surface area contributed by atoms with Crippen LogP contribution in [0, 0.1) is 5.92 Å².